The average molecular weight is 450 g/mol. The summed E-state index contributed by atoms with van der Waals surface area (Å²) in [6.07, 6.45) is -0.891. The molecule has 0 spiro atoms. The lowest BCUT2D eigenvalue weighted by molar-refractivity contribution is -0.128. The number of aryl methyl sites for hydroxylation is 1. The van der Waals surface area contributed by atoms with Crippen molar-refractivity contribution in [1.82, 2.24) is 15.6 Å². The standard InChI is InChI=1S/C21H27N3O6S/c1-6-29-17-7-9-18(10-8-17)30-15(4)20(25)23-24-21(26)16-11-13(2)14(3)19(12-16)31(27,28)22-5/h7-12,15,22H,6H2,1-5H3,(H,23,25)(H,24,26). The van der Waals surface area contributed by atoms with Crippen LogP contribution in [0.4, 0.5) is 0 Å². The minimum absolute atomic E-state index is 0.00122. The van der Waals surface area contributed by atoms with Crippen molar-refractivity contribution in [3.63, 3.8) is 0 Å². The zero-order chi connectivity index (χ0) is 23.2. The van der Waals surface area contributed by atoms with E-state index >= 15 is 0 Å². The zero-order valence-corrected chi connectivity index (χ0v) is 18.9. The molecular weight excluding hydrogens is 422 g/mol. The quantitative estimate of drug-likeness (QED) is 0.529. The largest absolute Gasteiger partial charge is 0.494 e. The highest BCUT2D eigenvalue weighted by Gasteiger charge is 2.20. The second-order valence-electron chi connectivity index (χ2n) is 6.73. The van der Waals surface area contributed by atoms with E-state index in [2.05, 4.69) is 15.6 Å². The van der Waals surface area contributed by atoms with Crippen molar-refractivity contribution in [2.24, 2.45) is 0 Å². The maximum atomic E-state index is 12.5. The number of ether oxygens (including phenoxy) is 2. The van der Waals surface area contributed by atoms with Crippen LogP contribution in [0.1, 0.15) is 35.3 Å². The third-order valence-electron chi connectivity index (χ3n) is 4.56. The van der Waals surface area contributed by atoms with E-state index in [-0.39, 0.29) is 10.5 Å². The van der Waals surface area contributed by atoms with Crippen LogP contribution in [-0.4, -0.2) is 40.0 Å². The molecule has 1 unspecified atom stereocenters. The number of benzene rings is 2. The van der Waals surface area contributed by atoms with Crippen molar-refractivity contribution in [3.8, 4) is 11.5 Å². The number of amides is 2. The van der Waals surface area contributed by atoms with Gasteiger partial charge in [0.05, 0.1) is 11.5 Å². The van der Waals surface area contributed by atoms with Crippen LogP contribution >= 0.6 is 0 Å². The summed E-state index contributed by atoms with van der Waals surface area (Å²) in [6.45, 7) is 7.31. The molecule has 168 valence electrons. The van der Waals surface area contributed by atoms with Crippen molar-refractivity contribution in [3.05, 3.63) is 53.1 Å². The van der Waals surface area contributed by atoms with Crippen LogP contribution in [0.25, 0.3) is 0 Å². The Morgan fingerprint density at radius 1 is 1.03 bits per heavy atom. The van der Waals surface area contributed by atoms with Gasteiger partial charge in [-0.2, -0.15) is 0 Å². The fraction of sp³-hybridized carbons (Fsp3) is 0.333. The van der Waals surface area contributed by atoms with E-state index in [0.29, 0.717) is 29.2 Å². The molecule has 0 heterocycles. The number of nitrogens with one attached hydrogen (secondary N) is 3. The molecule has 31 heavy (non-hydrogen) atoms. The van der Waals surface area contributed by atoms with Gasteiger partial charge in [-0.15, -0.1) is 0 Å². The lowest BCUT2D eigenvalue weighted by atomic mass is 10.1. The molecule has 2 aromatic carbocycles. The molecule has 0 aliphatic rings. The lowest BCUT2D eigenvalue weighted by Gasteiger charge is -2.16. The Kier molecular flexibility index (Phi) is 8.01. The molecule has 0 aromatic heterocycles. The molecule has 0 saturated carbocycles. The summed E-state index contributed by atoms with van der Waals surface area (Å²) in [5.41, 5.74) is 5.82. The van der Waals surface area contributed by atoms with E-state index < -0.39 is 27.9 Å². The molecule has 0 bridgehead atoms. The van der Waals surface area contributed by atoms with Crippen LogP contribution in [-0.2, 0) is 14.8 Å². The first-order valence-corrected chi connectivity index (χ1v) is 11.1. The maximum Gasteiger partial charge on any atom is 0.279 e. The minimum Gasteiger partial charge on any atom is -0.494 e. The van der Waals surface area contributed by atoms with Gasteiger partial charge >= 0.3 is 0 Å². The van der Waals surface area contributed by atoms with Gasteiger partial charge < -0.3 is 9.47 Å². The number of rotatable bonds is 8. The Morgan fingerprint density at radius 2 is 1.65 bits per heavy atom. The topological polar surface area (TPSA) is 123 Å². The van der Waals surface area contributed by atoms with E-state index in [1.54, 1.807) is 44.2 Å². The molecule has 10 heteroatoms. The molecule has 0 saturated heterocycles. The summed E-state index contributed by atoms with van der Waals surface area (Å²) in [6, 6.07) is 9.60. The van der Waals surface area contributed by atoms with Crippen molar-refractivity contribution in [2.75, 3.05) is 13.7 Å². The summed E-state index contributed by atoms with van der Waals surface area (Å²) in [5.74, 6) is -0.0767. The molecule has 9 nitrogen and oxygen atoms in total. The number of hydrogen-bond donors (Lipinski definition) is 3. The lowest BCUT2D eigenvalue weighted by Crippen LogP contribution is -2.47. The highest BCUT2D eigenvalue weighted by atomic mass is 32.2. The number of sulfonamides is 1. The van der Waals surface area contributed by atoms with Crippen LogP contribution in [0, 0.1) is 13.8 Å². The summed E-state index contributed by atoms with van der Waals surface area (Å²) in [7, 11) is -2.45. The molecule has 1 atom stereocenters. The van der Waals surface area contributed by atoms with Crippen molar-refractivity contribution in [2.45, 2.75) is 38.7 Å². The number of hydrogen-bond acceptors (Lipinski definition) is 6. The first-order chi connectivity index (χ1) is 14.6. The van der Waals surface area contributed by atoms with Crippen LogP contribution < -0.4 is 25.0 Å². The van der Waals surface area contributed by atoms with E-state index in [9.17, 15) is 18.0 Å². The summed E-state index contributed by atoms with van der Waals surface area (Å²) in [5, 5.41) is 0. The highest BCUT2D eigenvalue weighted by molar-refractivity contribution is 7.89. The predicted octanol–water partition coefficient (Wildman–Crippen LogP) is 1.84. The predicted molar refractivity (Wildman–Crippen MR) is 115 cm³/mol. The van der Waals surface area contributed by atoms with Gasteiger partial charge in [0.1, 0.15) is 11.5 Å². The third kappa shape index (κ3) is 6.19. The van der Waals surface area contributed by atoms with Gasteiger partial charge in [-0.05, 0) is 82.3 Å². The van der Waals surface area contributed by atoms with Gasteiger partial charge in [0.2, 0.25) is 10.0 Å². The van der Waals surface area contributed by atoms with E-state index in [1.807, 2.05) is 6.92 Å². The van der Waals surface area contributed by atoms with E-state index in [1.165, 1.54) is 20.0 Å². The van der Waals surface area contributed by atoms with Gasteiger partial charge in [-0.25, -0.2) is 13.1 Å². The first-order valence-electron chi connectivity index (χ1n) is 9.63. The summed E-state index contributed by atoms with van der Waals surface area (Å²) >= 11 is 0. The van der Waals surface area contributed by atoms with Crippen molar-refractivity contribution >= 4 is 21.8 Å². The number of hydrazine groups is 1. The van der Waals surface area contributed by atoms with Crippen LogP contribution in [0.15, 0.2) is 41.3 Å². The molecule has 2 rings (SSSR count). The SMILES string of the molecule is CCOc1ccc(OC(C)C(=O)NNC(=O)c2cc(C)c(C)c(S(=O)(=O)NC)c2)cc1. The summed E-state index contributed by atoms with van der Waals surface area (Å²) < 4.78 is 37.5. The average Bonchev–Trinajstić information content (AvgIpc) is 2.74. The van der Waals surface area contributed by atoms with E-state index in [4.69, 9.17) is 9.47 Å². The van der Waals surface area contributed by atoms with Gasteiger partial charge in [0, 0.05) is 5.56 Å². The highest BCUT2D eigenvalue weighted by Crippen LogP contribution is 2.21. The molecule has 0 fully saturated rings. The van der Waals surface area contributed by atoms with Gasteiger partial charge in [0.25, 0.3) is 11.8 Å². The van der Waals surface area contributed by atoms with Gasteiger partial charge in [-0.3, -0.25) is 20.4 Å². The molecule has 0 aliphatic carbocycles. The fourth-order valence-electron chi connectivity index (χ4n) is 2.68. The Labute approximate surface area is 182 Å². The summed E-state index contributed by atoms with van der Waals surface area (Å²) in [4.78, 5) is 24.7. The number of carbonyl (C=O) groups excluding carboxylic acids is 2. The smallest absolute Gasteiger partial charge is 0.279 e. The maximum absolute atomic E-state index is 12.5. The van der Waals surface area contributed by atoms with E-state index in [0.717, 1.165) is 0 Å². The third-order valence-corrected chi connectivity index (χ3v) is 6.10. The first kappa shape index (κ1) is 24.2. The molecule has 2 amide bonds. The van der Waals surface area contributed by atoms with Gasteiger partial charge in [0.15, 0.2) is 6.10 Å². The van der Waals surface area contributed by atoms with Crippen LogP contribution in [0.2, 0.25) is 0 Å². The monoisotopic (exact) mass is 449 g/mol. The molecule has 0 radical (unpaired) electrons. The Balaban J connectivity index is 2.02. The normalized spacial score (nSPS) is 12.0. The van der Waals surface area contributed by atoms with Crippen LogP contribution in [0.3, 0.4) is 0 Å². The fourth-order valence-corrected chi connectivity index (χ4v) is 3.74. The zero-order valence-electron chi connectivity index (χ0n) is 18.1. The molecule has 0 aliphatic heterocycles. The van der Waals surface area contributed by atoms with Gasteiger partial charge in [-0.1, -0.05) is 0 Å². The Morgan fingerprint density at radius 3 is 2.23 bits per heavy atom. The Bertz CT molecular complexity index is 1050. The second-order valence-corrected chi connectivity index (χ2v) is 8.59. The molecule has 2 aromatic rings. The van der Waals surface area contributed by atoms with Crippen LogP contribution in [0.5, 0.6) is 11.5 Å². The minimum atomic E-state index is -3.74. The Hall–Kier alpha value is -3.11. The van der Waals surface area contributed by atoms with Crippen molar-refractivity contribution in [1.29, 1.82) is 0 Å². The van der Waals surface area contributed by atoms with Crippen molar-refractivity contribution < 1.29 is 27.5 Å². The molecular formula is C21H27N3O6S. The second kappa shape index (κ2) is 10.3. The molecule has 3 N–H and O–H groups in total. The number of carbonyl (C=O) groups is 2.